The summed E-state index contributed by atoms with van der Waals surface area (Å²) in [6.07, 6.45) is 12.1. The van der Waals surface area contributed by atoms with Crippen LogP contribution in [0.1, 0.15) is 31.7 Å². The van der Waals surface area contributed by atoms with Crippen LogP contribution in [0, 0.1) is 5.92 Å². The maximum absolute atomic E-state index is 9.36. The van der Waals surface area contributed by atoms with Gasteiger partial charge in [0.15, 0.2) is 0 Å². The van der Waals surface area contributed by atoms with Crippen molar-refractivity contribution in [3.63, 3.8) is 0 Å². The zero-order chi connectivity index (χ0) is 13.1. The summed E-state index contributed by atoms with van der Waals surface area (Å²) in [4.78, 5) is 8.64. The van der Waals surface area contributed by atoms with Gasteiger partial charge in [-0.15, -0.1) is 0 Å². The fourth-order valence-corrected chi connectivity index (χ4v) is 3.01. The molecule has 0 aliphatic heterocycles. The van der Waals surface area contributed by atoms with Gasteiger partial charge in [0.1, 0.15) is 5.82 Å². The molecule has 1 aliphatic carbocycles. The Morgan fingerprint density at radius 2 is 2.26 bits per heavy atom. The Hall–Kier alpha value is -1.68. The summed E-state index contributed by atoms with van der Waals surface area (Å²) in [5, 5.41) is 9.36. The highest BCUT2D eigenvalue weighted by Gasteiger charge is 2.24. The van der Waals surface area contributed by atoms with Crippen LogP contribution in [0.4, 0.5) is 0 Å². The molecule has 1 saturated carbocycles. The number of aliphatic hydroxyl groups is 1. The molecular formula is C15H19N3O. The van der Waals surface area contributed by atoms with E-state index >= 15 is 0 Å². The number of aliphatic hydroxyl groups excluding tert-OH is 1. The first-order chi connectivity index (χ1) is 9.38. The molecule has 0 aromatic carbocycles. The van der Waals surface area contributed by atoms with Crippen LogP contribution >= 0.6 is 0 Å². The molecular weight excluding hydrogens is 238 g/mol. The first-order valence-corrected chi connectivity index (χ1v) is 6.92. The van der Waals surface area contributed by atoms with Crippen molar-refractivity contribution in [2.75, 3.05) is 6.61 Å². The summed E-state index contributed by atoms with van der Waals surface area (Å²) in [6.45, 7) is 0.299. The highest BCUT2D eigenvalue weighted by atomic mass is 16.3. The summed E-state index contributed by atoms with van der Waals surface area (Å²) in [6, 6.07) is 4.42. The van der Waals surface area contributed by atoms with E-state index in [1.165, 1.54) is 12.8 Å². The highest BCUT2D eigenvalue weighted by Crippen LogP contribution is 2.34. The first kappa shape index (κ1) is 12.4. The molecule has 0 radical (unpaired) electrons. The van der Waals surface area contributed by atoms with E-state index in [1.54, 1.807) is 6.20 Å². The van der Waals surface area contributed by atoms with Gasteiger partial charge in [-0.3, -0.25) is 4.98 Å². The second-order valence-electron chi connectivity index (χ2n) is 5.27. The van der Waals surface area contributed by atoms with Gasteiger partial charge in [0, 0.05) is 43.0 Å². The Labute approximate surface area is 113 Å². The summed E-state index contributed by atoms with van der Waals surface area (Å²) < 4.78 is 2.25. The zero-order valence-corrected chi connectivity index (χ0v) is 10.9. The van der Waals surface area contributed by atoms with Gasteiger partial charge < -0.3 is 9.67 Å². The first-order valence-electron chi connectivity index (χ1n) is 6.92. The fraction of sp³-hybridized carbons (Fsp3) is 0.467. The molecule has 0 amide bonds. The Kier molecular flexibility index (Phi) is 3.60. The Morgan fingerprint density at radius 3 is 3.05 bits per heavy atom. The van der Waals surface area contributed by atoms with Gasteiger partial charge in [0.25, 0.3) is 0 Å². The van der Waals surface area contributed by atoms with Crippen LogP contribution in [0.2, 0.25) is 0 Å². The van der Waals surface area contributed by atoms with Crippen LogP contribution in [0.3, 0.4) is 0 Å². The van der Waals surface area contributed by atoms with E-state index < -0.39 is 0 Å². The third-order valence-corrected chi connectivity index (χ3v) is 4.00. The third-order valence-electron chi connectivity index (χ3n) is 4.00. The molecule has 3 rings (SSSR count). The summed E-state index contributed by atoms with van der Waals surface area (Å²) in [5.74, 6) is 1.42. The lowest BCUT2D eigenvalue weighted by molar-refractivity contribution is 0.163. The van der Waals surface area contributed by atoms with Crippen molar-refractivity contribution in [3.8, 4) is 11.4 Å². The normalized spacial score (nSPS) is 23.4. The average Bonchev–Trinajstić information content (AvgIpc) is 2.98. The summed E-state index contributed by atoms with van der Waals surface area (Å²) in [7, 11) is 0. The number of nitrogens with zero attached hydrogens (tertiary/aromatic N) is 3. The highest BCUT2D eigenvalue weighted by molar-refractivity contribution is 5.53. The molecule has 19 heavy (non-hydrogen) atoms. The number of hydrogen-bond donors (Lipinski definition) is 1. The molecule has 1 aliphatic rings. The number of aromatic nitrogens is 3. The van der Waals surface area contributed by atoms with Gasteiger partial charge >= 0.3 is 0 Å². The monoisotopic (exact) mass is 257 g/mol. The minimum Gasteiger partial charge on any atom is -0.396 e. The number of imidazole rings is 1. The second kappa shape index (κ2) is 5.53. The van der Waals surface area contributed by atoms with Gasteiger partial charge in [-0.2, -0.15) is 0 Å². The van der Waals surface area contributed by atoms with Crippen LogP contribution in [0.5, 0.6) is 0 Å². The standard InChI is InChI=1S/C15H19N3O/c19-11-12-3-1-5-14(9-12)18-8-7-17-15(18)13-4-2-6-16-10-13/h2,4,6-8,10,12,14,19H,1,3,5,9,11H2/t12-,14+/m0/s1. The smallest absolute Gasteiger partial charge is 0.141 e. The molecule has 0 saturated heterocycles. The lowest BCUT2D eigenvalue weighted by atomic mass is 9.86. The molecule has 4 heteroatoms. The van der Waals surface area contributed by atoms with E-state index in [-0.39, 0.29) is 0 Å². The molecule has 2 atom stereocenters. The van der Waals surface area contributed by atoms with Gasteiger partial charge in [-0.25, -0.2) is 4.98 Å². The summed E-state index contributed by atoms with van der Waals surface area (Å²) in [5.41, 5.74) is 1.05. The van der Waals surface area contributed by atoms with E-state index in [1.807, 2.05) is 30.7 Å². The number of pyridine rings is 1. The molecule has 4 nitrogen and oxygen atoms in total. The summed E-state index contributed by atoms with van der Waals surface area (Å²) >= 11 is 0. The van der Waals surface area contributed by atoms with Crippen LogP contribution in [0.25, 0.3) is 11.4 Å². The molecule has 2 aromatic rings. The van der Waals surface area contributed by atoms with Crippen molar-refractivity contribution >= 4 is 0 Å². The Balaban J connectivity index is 1.88. The Bertz CT molecular complexity index is 523. The average molecular weight is 257 g/mol. The molecule has 0 unspecified atom stereocenters. The van der Waals surface area contributed by atoms with E-state index in [0.29, 0.717) is 18.6 Å². The SMILES string of the molecule is OC[C@H]1CCC[C@@H](n2ccnc2-c2cccnc2)C1. The van der Waals surface area contributed by atoms with E-state index in [9.17, 15) is 5.11 Å². The maximum atomic E-state index is 9.36. The fourth-order valence-electron chi connectivity index (χ4n) is 3.01. The van der Waals surface area contributed by atoms with Crippen LogP contribution in [-0.2, 0) is 0 Å². The predicted octanol–water partition coefficient (Wildman–Crippen LogP) is 2.67. The van der Waals surface area contributed by atoms with Gasteiger partial charge in [-0.05, 0) is 37.3 Å². The minimum atomic E-state index is 0.299. The topological polar surface area (TPSA) is 50.9 Å². The van der Waals surface area contributed by atoms with Crippen molar-refractivity contribution < 1.29 is 5.11 Å². The van der Waals surface area contributed by atoms with Crippen molar-refractivity contribution in [2.24, 2.45) is 5.92 Å². The maximum Gasteiger partial charge on any atom is 0.141 e. The molecule has 1 fully saturated rings. The molecule has 0 spiro atoms. The van der Waals surface area contributed by atoms with Gasteiger partial charge in [0.05, 0.1) is 0 Å². The molecule has 0 bridgehead atoms. The predicted molar refractivity (Wildman–Crippen MR) is 73.5 cm³/mol. The molecule has 100 valence electrons. The zero-order valence-electron chi connectivity index (χ0n) is 10.9. The van der Waals surface area contributed by atoms with Gasteiger partial charge in [0.2, 0.25) is 0 Å². The van der Waals surface area contributed by atoms with Crippen molar-refractivity contribution in [1.82, 2.24) is 14.5 Å². The van der Waals surface area contributed by atoms with Crippen LogP contribution < -0.4 is 0 Å². The van der Waals surface area contributed by atoms with Crippen molar-refractivity contribution in [2.45, 2.75) is 31.7 Å². The van der Waals surface area contributed by atoms with E-state index in [2.05, 4.69) is 14.5 Å². The van der Waals surface area contributed by atoms with Crippen LogP contribution in [0.15, 0.2) is 36.9 Å². The second-order valence-corrected chi connectivity index (χ2v) is 5.27. The lowest BCUT2D eigenvalue weighted by Crippen LogP contribution is -2.21. The Morgan fingerprint density at radius 1 is 1.32 bits per heavy atom. The van der Waals surface area contributed by atoms with Crippen LogP contribution in [-0.4, -0.2) is 26.2 Å². The molecule has 2 aromatic heterocycles. The quantitative estimate of drug-likeness (QED) is 0.919. The largest absolute Gasteiger partial charge is 0.396 e. The molecule has 1 N–H and O–H groups in total. The van der Waals surface area contributed by atoms with Crippen molar-refractivity contribution in [3.05, 3.63) is 36.9 Å². The van der Waals surface area contributed by atoms with Gasteiger partial charge in [-0.1, -0.05) is 6.42 Å². The lowest BCUT2D eigenvalue weighted by Gasteiger charge is -2.29. The molecule has 2 heterocycles. The van der Waals surface area contributed by atoms with Crippen molar-refractivity contribution in [1.29, 1.82) is 0 Å². The third kappa shape index (κ3) is 2.54. The van der Waals surface area contributed by atoms with E-state index in [0.717, 1.165) is 24.2 Å². The van der Waals surface area contributed by atoms with E-state index in [4.69, 9.17) is 0 Å². The number of hydrogen-bond acceptors (Lipinski definition) is 3. The number of rotatable bonds is 3. The minimum absolute atomic E-state index is 0.299.